The Labute approximate surface area is 101 Å². The minimum Gasteiger partial charge on any atom is -0.290 e. The van der Waals surface area contributed by atoms with Crippen LogP contribution in [-0.4, -0.2) is 16.5 Å². The maximum Gasteiger partial charge on any atom is 0.157 e. The Balaban J connectivity index is 2.58. The summed E-state index contributed by atoms with van der Waals surface area (Å²) < 4.78 is 1.02. The van der Waals surface area contributed by atoms with Gasteiger partial charge in [-0.25, -0.2) is 9.98 Å². The number of nitrogens with zero attached hydrogens (tertiary/aromatic N) is 2. The van der Waals surface area contributed by atoms with Crippen LogP contribution in [-0.2, 0) is 0 Å². The average Bonchev–Trinajstić information content (AvgIpc) is 2.26. The van der Waals surface area contributed by atoms with Crippen molar-refractivity contribution < 1.29 is 5.21 Å². The highest BCUT2D eigenvalue weighted by molar-refractivity contribution is 9.10. The van der Waals surface area contributed by atoms with Crippen LogP contribution in [0.3, 0.4) is 0 Å². The Morgan fingerprint density at radius 1 is 1.44 bits per heavy atom. The number of pyridine rings is 1. The van der Waals surface area contributed by atoms with Gasteiger partial charge in [-0.05, 0) is 36.8 Å². The molecule has 1 aromatic carbocycles. The van der Waals surface area contributed by atoms with Crippen molar-refractivity contribution in [3.8, 4) is 0 Å². The van der Waals surface area contributed by atoms with Crippen molar-refractivity contribution >= 4 is 39.0 Å². The zero-order valence-corrected chi connectivity index (χ0v) is 10.2. The van der Waals surface area contributed by atoms with Gasteiger partial charge in [-0.1, -0.05) is 15.9 Å². The number of aromatic nitrogens is 1. The summed E-state index contributed by atoms with van der Waals surface area (Å²) in [6, 6.07) is 7.87. The molecule has 0 fully saturated rings. The van der Waals surface area contributed by atoms with Gasteiger partial charge in [-0.3, -0.25) is 10.7 Å². The van der Waals surface area contributed by atoms with E-state index in [0.29, 0.717) is 5.82 Å². The van der Waals surface area contributed by atoms with Crippen molar-refractivity contribution in [2.45, 2.75) is 6.92 Å². The van der Waals surface area contributed by atoms with Crippen molar-refractivity contribution in [3.05, 3.63) is 34.3 Å². The number of hydrogen-bond acceptors (Lipinski definition) is 3. The molecule has 0 unspecified atom stereocenters. The molecule has 2 rings (SSSR count). The average molecular weight is 280 g/mol. The fraction of sp³-hybridized carbons (Fsp3) is 0.0909. The second-order valence-electron chi connectivity index (χ2n) is 3.35. The predicted octanol–water partition coefficient (Wildman–Crippen LogP) is 2.94. The number of rotatable bonds is 2. The van der Waals surface area contributed by atoms with Gasteiger partial charge in [0.1, 0.15) is 6.34 Å². The highest BCUT2D eigenvalue weighted by atomic mass is 79.9. The van der Waals surface area contributed by atoms with Crippen molar-refractivity contribution in [3.63, 3.8) is 0 Å². The fourth-order valence-corrected chi connectivity index (χ4v) is 1.84. The van der Waals surface area contributed by atoms with Crippen LogP contribution in [0.2, 0.25) is 0 Å². The van der Waals surface area contributed by atoms with Crippen LogP contribution in [0.5, 0.6) is 0 Å². The second-order valence-corrected chi connectivity index (χ2v) is 4.27. The molecule has 0 saturated carbocycles. The molecule has 82 valence electrons. The maximum atomic E-state index is 8.43. The van der Waals surface area contributed by atoms with Crippen LogP contribution >= 0.6 is 15.9 Å². The molecule has 0 amide bonds. The molecule has 1 heterocycles. The third-order valence-corrected chi connectivity index (χ3v) is 2.68. The number of hydrogen-bond donors (Lipinski definition) is 2. The lowest BCUT2D eigenvalue weighted by Crippen LogP contribution is -2.01. The molecule has 4 nitrogen and oxygen atoms in total. The van der Waals surface area contributed by atoms with E-state index in [-0.39, 0.29) is 0 Å². The zero-order valence-electron chi connectivity index (χ0n) is 8.61. The van der Waals surface area contributed by atoms with E-state index in [1.54, 1.807) is 0 Å². The lowest BCUT2D eigenvalue weighted by atomic mass is 10.1. The molecular weight excluding hydrogens is 270 g/mol. The molecule has 0 aliphatic carbocycles. The highest BCUT2D eigenvalue weighted by Crippen LogP contribution is 2.24. The number of fused-ring (bicyclic) bond motifs is 1. The number of halogens is 1. The SMILES string of the molecule is Cc1cc2cc(Br)ccc2nc1N=CNO. The molecule has 0 saturated heterocycles. The first-order valence-electron chi connectivity index (χ1n) is 4.70. The normalized spacial score (nSPS) is 11.2. The van der Waals surface area contributed by atoms with E-state index in [2.05, 4.69) is 25.9 Å². The van der Waals surface area contributed by atoms with E-state index >= 15 is 0 Å². The molecule has 0 bridgehead atoms. The first-order valence-corrected chi connectivity index (χ1v) is 5.49. The van der Waals surface area contributed by atoms with E-state index in [4.69, 9.17) is 5.21 Å². The summed E-state index contributed by atoms with van der Waals surface area (Å²) in [6.07, 6.45) is 1.19. The molecule has 0 spiro atoms. The van der Waals surface area contributed by atoms with Gasteiger partial charge in [-0.15, -0.1) is 0 Å². The van der Waals surface area contributed by atoms with Crippen LogP contribution in [0.15, 0.2) is 33.7 Å². The van der Waals surface area contributed by atoms with Gasteiger partial charge in [0.15, 0.2) is 5.82 Å². The number of hydroxylamine groups is 1. The molecule has 0 atom stereocenters. The number of nitrogens with one attached hydrogen (secondary N) is 1. The number of aryl methyl sites for hydroxylation is 1. The quantitative estimate of drug-likeness (QED) is 0.505. The largest absolute Gasteiger partial charge is 0.290 e. The minimum absolute atomic E-state index is 0.594. The third-order valence-electron chi connectivity index (χ3n) is 2.19. The Morgan fingerprint density at radius 2 is 2.25 bits per heavy atom. The lowest BCUT2D eigenvalue weighted by Gasteiger charge is -2.03. The van der Waals surface area contributed by atoms with Crippen molar-refractivity contribution in [2.75, 3.05) is 0 Å². The first-order chi connectivity index (χ1) is 7.70. The topological polar surface area (TPSA) is 57.5 Å². The van der Waals surface area contributed by atoms with Crippen LogP contribution in [0.1, 0.15) is 5.56 Å². The van der Waals surface area contributed by atoms with E-state index in [1.807, 2.05) is 36.7 Å². The summed E-state index contributed by atoms with van der Waals surface area (Å²) in [5.41, 5.74) is 3.69. The van der Waals surface area contributed by atoms with Crippen LogP contribution in [0.25, 0.3) is 10.9 Å². The monoisotopic (exact) mass is 279 g/mol. The molecule has 16 heavy (non-hydrogen) atoms. The van der Waals surface area contributed by atoms with Gasteiger partial charge in [0.2, 0.25) is 0 Å². The number of aliphatic imine (C=N–C) groups is 1. The standard InChI is InChI=1S/C11H10BrN3O/c1-7-4-8-5-9(12)2-3-10(8)15-11(7)13-6-14-16/h2-6,16H,1H3,(H,13,14,15). The first kappa shape index (κ1) is 11.0. The smallest absolute Gasteiger partial charge is 0.157 e. The summed E-state index contributed by atoms with van der Waals surface area (Å²) >= 11 is 3.42. The Kier molecular flexibility index (Phi) is 3.17. The molecule has 0 radical (unpaired) electrons. The number of benzene rings is 1. The maximum absolute atomic E-state index is 8.43. The second kappa shape index (κ2) is 4.59. The summed E-state index contributed by atoms with van der Waals surface area (Å²) in [7, 11) is 0. The van der Waals surface area contributed by atoms with Crippen molar-refractivity contribution in [1.29, 1.82) is 0 Å². The van der Waals surface area contributed by atoms with Crippen LogP contribution in [0.4, 0.5) is 5.82 Å². The molecule has 0 aliphatic heterocycles. The molecular formula is C11H10BrN3O. The van der Waals surface area contributed by atoms with Gasteiger partial charge < -0.3 is 0 Å². The molecule has 0 aliphatic rings. The summed E-state index contributed by atoms with van der Waals surface area (Å²) in [5, 5.41) is 9.49. The van der Waals surface area contributed by atoms with Crippen LogP contribution < -0.4 is 5.48 Å². The fourth-order valence-electron chi connectivity index (χ4n) is 1.46. The van der Waals surface area contributed by atoms with E-state index < -0.39 is 0 Å². The van der Waals surface area contributed by atoms with Gasteiger partial charge in [-0.2, -0.15) is 0 Å². The molecule has 1 aromatic heterocycles. The van der Waals surface area contributed by atoms with Gasteiger partial charge in [0, 0.05) is 9.86 Å². The van der Waals surface area contributed by atoms with Gasteiger partial charge in [0.25, 0.3) is 0 Å². The van der Waals surface area contributed by atoms with Crippen LogP contribution in [0, 0.1) is 6.92 Å². The van der Waals surface area contributed by atoms with Crippen molar-refractivity contribution in [2.24, 2.45) is 4.99 Å². The summed E-state index contributed by atoms with van der Waals surface area (Å²) in [4.78, 5) is 8.37. The van der Waals surface area contributed by atoms with E-state index in [1.165, 1.54) is 6.34 Å². The molecule has 5 heteroatoms. The molecule has 2 aromatic rings. The van der Waals surface area contributed by atoms with Gasteiger partial charge in [0.05, 0.1) is 5.52 Å². The summed E-state index contributed by atoms with van der Waals surface area (Å²) in [5.74, 6) is 0.594. The van der Waals surface area contributed by atoms with E-state index in [9.17, 15) is 0 Å². The molecule has 2 N–H and O–H groups in total. The Bertz CT molecular complexity index is 554. The zero-order chi connectivity index (χ0) is 11.5. The summed E-state index contributed by atoms with van der Waals surface area (Å²) in [6.45, 7) is 1.93. The minimum atomic E-state index is 0.594. The highest BCUT2D eigenvalue weighted by Gasteiger charge is 2.02. The Hall–Kier alpha value is -1.46. The third kappa shape index (κ3) is 2.20. The van der Waals surface area contributed by atoms with Gasteiger partial charge >= 0.3 is 0 Å². The Morgan fingerprint density at radius 3 is 3.00 bits per heavy atom. The lowest BCUT2D eigenvalue weighted by molar-refractivity contribution is 0.240. The predicted molar refractivity (Wildman–Crippen MR) is 67.3 cm³/mol. The van der Waals surface area contributed by atoms with Crippen molar-refractivity contribution in [1.82, 2.24) is 10.5 Å². The van der Waals surface area contributed by atoms with E-state index in [0.717, 1.165) is 20.9 Å².